The Labute approximate surface area is 173 Å². The van der Waals surface area contributed by atoms with Crippen LogP contribution in [-0.2, 0) is 5.41 Å². The summed E-state index contributed by atoms with van der Waals surface area (Å²) < 4.78 is 10.9. The Hall–Kier alpha value is -2.60. The zero-order valence-electron chi connectivity index (χ0n) is 17.2. The lowest BCUT2D eigenvalue weighted by atomic mass is 9.87. The molecule has 0 radical (unpaired) electrons. The van der Waals surface area contributed by atoms with Gasteiger partial charge < -0.3 is 19.5 Å². The van der Waals surface area contributed by atoms with Gasteiger partial charge in [0.05, 0.1) is 12.7 Å². The number of nitrogens with zero attached hydrogens (tertiary/aromatic N) is 2. The number of methoxy groups -OCH3 is 1. The molecule has 0 bridgehead atoms. The lowest BCUT2D eigenvalue weighted by Crippen LogP contribution is -2.40. The van der Waals surface area contributed by atoms with Crippen LogP contribution < -0.4 is 9.47 Å². The largest absolute Gasteiger partial charge is 0.485 e. The number of carbonyl (C=O) groups is 1. The van der Waals surface area contributed by atoms with E-state index in [9.17, 15) is 9.90 Å². The molecule has 1 aromatic carbocycles. The van der Waals surface area contributed by atoms with Gasteiger partial charge in [-0.25, -0.2) is 4.98 Å². The van der Waals surface area contributed by atoms with Gasteiger partial charge >= 0.3 is 0 Å². The fraction of sp³-hybridized carbons (Fsp3) is 0.478. The van der Waals surface area contributed by atoms with E-state index in [1.165, 1.54) is 12.7 Å². The minimum atomic E-state index is -0.969. The van der Waals surface area contributed by atoms with Crippen molar-refractivity contribution in [2.45, 2.75) is 37.7 Å². The van der Waals surface area contributed by atoms with Gasteiger partial charge in [0.25, 0.3) is 11.8 Å². The monoisotopic (exact) mass is 398 g/mol. The number of carbonyl (C=O) groups excluding carboxylic acids is 1. The molecule has 2 fully saturated rings. The van der Waals surface area contributed by atoms with Gasteiger partial charge in [-0.2, -0.15) is 0 Å². The van der Waals surface area contributed by atoms with Crippen molar-refractivity contribution in [1.82, 2.24) is 9.88 Å². The molecule has 2 aromatic rings. The maximum atomic E-state index is 13.0. The summed E-state index contributed by atoms with van der Waals surface area (Å²) in [4.78, 5) is 19.3. The Morgan fingerprint density at radius 2 is 2.07 bits per heavy atom. The zero-order chi connectivity index (χ0) is 20.6. The van der Waals surface area contributed by atoms with Gasteiger partial charge in [0, 0.05) is 19.9 Å². The second-order valence-electron chi connectivity index (χ2n) is 8.73. The molecule has 2 unspecified atom stereocenters. The minimum Gasteiger partial charge on any atom is -0.485 e. The van der Waals surface area contributed by atoms with Gasteiger partial charge in [-0.1, -0.05) is 30.3 Å². The fourth-order valence-electron chi connectivity index (χ4n) is 4.29. The maximum absolute atomic E-state index is 13.0. The minimum absolute atomic E-state index is 0. The smallest absolute Gasteiger partial charge is 0.272 e. The summed E-state index contributed by atoms with van der Waals surface area (Å²) in [5.74, 6) is 1.10. The first-order valence-corrected chi connectivity index (χ1v) is 10.1. The molecule has 2 heterocycles. The number of rotatable bonds is 6. The number of aliphatic hydroxyl groups is 1. The summed E-state index contributed by atoms with van der Waals surface area (Å²) in [7, 11) is 1.49. The molecule has 1 saturated heterocycles. The maximum Gasteiger partial charge on any atom is 0.272 e. The van der Waals surface area contributed by atoms with E-state index in [0.717, 1.165) is 25.9 Å². The Morgan fingerprint density at radius 3 is 2.72 bits per heavy atom. The first kappa shape index (κ1) is 19.7. The summed E-state index contributed by atoms with van der Waals surface area (Å²) in [5.41, 5.74) is 1.02. The number of likely N-dealkylation sites (tertiary alicyclic amines) is 1. The Kier molecular flexibility index (Phi) is 4.99. The summed E-state index contributed by atoms with van der Waals surface area (Å²) in [5, 5.41) is 9.84. The van der Waals surface area contributed by atoms with Gasteiger partial charge in [0.15, 0.2) is 5.75 Å². The average molecular weight is 399 g/mol. The average Bonchev–Trinajstić information content (AvgIpc) is 3.46. The van der Waals surface area contributed by atoms with E-state index in [1.54, 1.807) is 26.0 Å². The molecule has 29 heavy (non-hydrogen) atoms. The van der Waals surface area contributed by atoms with E-state index in [-0.39, 0.29) is 25.2 Å². The zero-order valence-corrected chi connectivity index (χ0v) is 17.2. The van der Waals surface area contributed by atoms with Crippen LogP contribution in [-0.4, -0.2) is 53.3 Å². The van der Waals surface area contributed by atoms with E-state index in [0.29, 0.717) is 17.4 Å². The van der Waals surface area contributed by atoms with Gasteiger partial charge in [0.1, 0.15) is 12.3 Å². The van der Waals surface area contributed by atoms with Crippen molar-refractivity contribution in [3.8, 4) is 11.6 Å². The summed E-state index contributed by atoms with van der Waals surface area (Å²) in [6, 6.07) is 14.0. The van der Waals surface area contributed by atoms with Crippen LogP contribution in [0.2, 0.25) is 0 Å². The molecule has 1 aliphatic carbocycles. The van der Waals surface area contributed by atoms with Crippen molar-refractivity contribution in [2.75, 3.05) is 26.8 Å². The molecular weight excluding hydrogens is 368 g/mol. The Morgan fingerprint density at radius 1 is 1.31 bits per heavy atom. The van der Waals surface area contributed by atoms with Crippen LogP contribution in [0.1, 0.15) is 44.2 Å². The van der Waals surface area contributed by atoms with E-state index < -0.39 is 5.60 Å². The van der Waals surface area contributed by atoms with Crippen LogP contribution in [0.25, 0.3) is 0 Å². The highest BCUT2D eigenvalue weighted by Crippen LogP contribution is 2.59. The molecule has 1 amide bonds. The number of aromatic nitrogens is 1. The SMILES string of the molecule is COc1nc(C(=O)N2CCC3(c4ccccc4)CC3C2)ccc1OCC(C)(C)O.[HH]. The van der Waals surface area contributed by atoms with Crippen molar-refractivity contribution < 1.29 is 20.8 Å². The molecule has 1 aliphatic heterocycles. The number of benzene rings is 1. The summed E-state index contributed by atoms with van der Waals surface area (Å²) >= 11 is 0. The summed E-state index contributed by atoms with van der Waals surface area (Å²) in [6.07, 6.45) is 2.12. The van der Waals surface area contributed by atoms with Gasteiger partial charge in [-0.3, -0.25) is 4.79 Å². The summed E-state index contributed by atoms with van der Waals surface area (Å²) in [6.45, 7) is 4.91. The molecule has 2 aliphatic rings. The number of fused-ring (bicyclic) bond motifs is 1. The number of ether oxygens (including phenoxy) is 2. The predicted molar refractivity (Wildman–Crippen MR) is 111 cm³/mol. The number of piperidine rings is 1. The molecule has 1 N–H and O–H groups in total. The second kappa shape index (κ2) is 7.34. The molecule has 0 spiro atoms. The van der Waals surface area contributed by atoms with Gasteiger partial charge in [-0.15, -0.1) is 0 Å². The molecule has 6 nitrogen and oxygen atoms in total. The first-order valence-electron chi connectivity index (χ1n) is 10.1. The Balaban J connectivity index is 0.00000256. The van der Waals surface area contributed by atoms with Gasteiger partial charge in [0.2, 0.25) is 0 Å². The number of pyridine rings is 1. The third-order valence-electron chi connectivity index (χ3n) is 5.96. The molecule has 156 valence electrons. The quantitative estimate of drug-likeness (QED) is 0.808. The third kappa shape index (κ3) is 3.94. The highest BCUT2D eigenvalue weighted by atomic mass is 16.5. The number of hydrogen-bond donors (Lipinski definition) is 1. The van der Waals surface area contributed by atoms with Crippen LogP contribution in [0.4, 0.5) is 0 Å². The van der Waals surface area contributed by atoms with Crippen molar-refractivity contribution >= 4 is 5.91 Å². The van der Waals surface area contributed by atoms with Crippen LogP contribution in [0, 0.1) is 5.92 Å². The third-order valence-corrected chi connectivity index (χ3v) is 5.96. The van der Waals surface area contributed by atoms with Crippen LogP contribution in [0.3, 0.4) is 0 Å². The van der Waals surface area contributed by atoms with Crippen molar-refractivity contribution in [1.29, 1.82) is 0 Å². The molecule has 2 atom stereocenters. The highest BCUT2D eigenvalue weighted by Gasteiger charge is 2.57. The van der Waals surface area contributed by atoms with E-state index in [4.69, 9.17) is 9.47 Å². The van der Waals surface area contributed by atoms with Crippen LogP contribution >= 0.6 is 0 Å². The molecule has 1 aromatic heterocycles. The van der Waals surface area contributed by atoms with Crippen molar-refractivity contribution in [3.63, 3.8) is 0 Å². The lowest BCUT2D eigenvalue weighted by Gasteiger charge is -2.32. The van der Waals surface area contributed by atoms with Crippen LogP contribution in [0.5, 0.6) is 11.6 Å². The fourth-order valence-corrected chi connectivity index (χ4v) is 4.29. The number of hydrogen-bond acceptors (Lipinski definition) is 5. The standard InChI is InChI=1S/C23H28N2O4.H2/c1-22(2,27)15-29-19-10-9-18(24-20(19)28-3)21(26)25-12-11-23(13-17(23)14-25)16-7-5-4-6-8-16;/h4-10,17,27H,11-15H2,1-3H3;1H. The van der Waals surface area contributed by atoms with Crippen molar-refractivity contribution in [3.05, 3.63) is 53.7 Å². The van der Waals surface area contributed by atoms with Gasteiger partial charge in [-0.05, 0) is 50.3 Å². The Bertz CT molecular complexity index is 900. The van der Waals surface area contributed by atoms with E-state index >= 15 is 0 Å². The first-order chi connectivity index (χ1) is 13.8. The highest BCUT2D eigenvalue weighted by molar-refractivity contribution is 5.92. The van der Waals surface area contributed by atoms with E-state index in [2.05, 4.69) is 29.2 Å². The predicted octanol–water partition coefficient (Wildman–Crippen LogP) is 3.29. The molecule has 1 saturated carbocycles. The molecule has 6 heteroatoms. The number of amides is 1. The normalized spacial score (nSPS) is 23.3. The second-order valence-corrected chi connectivity index (χ2v) is 8.73. The molecular formula is C23H30N2O4. The van der Waals surface area contributed by atoms with Crippen LogP contribution in [0.15, 0.2) is 42.5 Å². The molecule has 4 rings (SSSR count). The lowest BCUT2D eigenvalue weighted by molar-refractivity contribution is 0.0273. The van der Waals surface area contributed by atoms with E-state index in [1.807, 2.05) is 11.0 Å². The van der Waals surface area contributed by atoms with Crippen molar-refractivity contribution in [2.24, 2.45) is 5.92 Å². The topological polar surface area (TPSA) is 71.9 Å².